The first-order valence-corrected chi connectivity index (χ1v) is 9.39. The number of ether oxygens (including phenoxy) is 1. The van der Waals surface area contributed by atoms with Crippen molar-refractivity contribution in [2.24, 2.45) is 11.1 Å². The van der Waals surface area contributed by atoms with Gasteiger partial charge >= 0.3 is 5.97 Å². The second-order valence-electron chi connectivity index (χ2n) is 6.89. The minimum absolute atomic E-state index is 0.226. The molecule has 7 heteroatoms. The van der Waals surface area contributed by atoms with E-state index in [1.165, 1.54) is 0 Å². The molecule has 0 fully saturated rings. The maximum Gasteiger partial charge on any atom is 0.312 e. The van der Waals surface area contributed by atoms with Gasteiger partial charge in [-0.3, -0.25) is 4.79 Å². The zero-order chi connectivity index (χ0) is 20.7. The topological polar surface area (TPSA) is 94.2 Å². The fourth-order valence-electron chi connectivity index (χ4n) is 2.58. The number of oxazole rings is 1. The Balaban J connectivity index is 1.99. The zero-order valence-electron chi connectivity index (χ0n) is 17.1. The van der Waals surface area contributed by atoms with E-state index in [1.807, 2.05) is 45.0 Å². The molecular formula is C21H28N2O5. The minimum Gasteiger partial charge on any atom is -0.487 e. The van der Waals surface area contributed by atoms with Crippen LogP contribution in [0.25, 0.3) is 0 Å². The highest BCUT2D eigenvalue weighted by Crippen LogP contribution is 2.21. The number of hydrogen-bond donors (Lipinski definition) is 1. The van der Waals surface area contributed by atoms with E-state index < -0.39 is 11.9 Å². The molecule has 0 spiro atoms. The summed E-state index contributed by atoms with van der Waals surface area (Å²) >= 11 is 0. The molecule has 1 N–H and O–H groups in total. The van der Waals surface area contributed by atoms with Crippen molar-refractivity contribution in [3.05, 3.63) is 47.2 Å². The number of aromatic nitrogens is 1. The molecule has 0 saturated carbocycles. The van der Waals surface area contributed by atoms with Crippen molar-refractivity contribution >= 4 is 11.7 Å². The third kappa shape index (κ3) is 5.84. The number of carboxylic acid groups (broad SMARTS) is 1. The van der Waals surface area contributed by atoms with Gasteiger partial charge in [-0.1, -0.05) is 31.1 Å². The molecular weight excluding hydrogens is 360 g/mol. The Morgan fingerprint density at radius 2 is 1.96 bits per heavy atom. The van der Waals surface area contributed by atoms with Crippen LogP contribution in [0.4, 0.5) is 0 Å². The van der Waals surface area contributed by atoms with E-state index in [9.17, 15) is 9.90 Å². The summed E-state index contributed by atoms with van der Waals surface area (Å²) in [7, 11) is 0. The van der Waals surface area contributed by atoms with Gasteiger partial charge < -0.3 is 19.1 Å². The van der Waals surface area contributed by atoms with Crippen LogP contribution in [-0.2, 0) is 22.7 Å². The van der Waals surface area contributed by atoms with Crippen LogP contribution in [0.15, 0.2) is 33.8 Å². The fourth-order valence-corrected chi connectivity index (χ4v) is 2.58. The number of carbonyl (C=O) groups is 1. The lowest BCUT2D eigenvalue weighted by atomic mass is 9.95. The van der Waals surface area contributed by atoms with Gasteiger partial charge in [-0.2, -0.15) is 0 Å². The monoisotopic (exact) mass is 388 g/mol. The summed E-state index contributed by atoms with van der Waals surface area (Å²) in [6.07, 6.45) is 0.332. The highest BCUT2D eigenvalue weighted by molar-refractivity contribution is 6.00. The molecule has 1 heterocycles. The SMILES string of the molecule is CCON=C(C)C(Cc1ccc(OCc2nc(C(C)C)oc2C)cc1)C(=O)O. The standard InChI is InChI=1S/C21H28N2O5/c1-6-27-23-14(4)18(21(24)25)11-16-7-9-17(10-8-16)26-12-19-15(5)28-20(22-19)13(2)3/h7-10,13,18H,6,11-12H2,1-5H3,(H,24,25). The van der Waals surface area contributed by atoms with Gasteiger partial charge in [0.15, 0.2) is 5.89 Å². The van der Waals surface area contributed by atoms with Crippen LogP contribution in [0.2, 0.25) is 0 Å². The van der Waals surface area contributed by atoms with Crippen molar-refractivity contribution in [1.82, 2.24) is 4.98 Å². The van der Waals surface area contributed by atoms with E-state index >= 15 is 0 Å². The van der Waals surface area contributed by atoms with Gasteiger partial charge in [0.1, 0.15) is 36.3 Å². The molecule has 0 amide bonds. The third-order valence-electron chi connectivity index (χ3n) is 4.28. The van der Waals surface area contributed by atoms with Gasteiger partial charge in [-0.15, -0.1) is 0 Å². The van der Waals surface area contributed by atoms with Crippen LogP contribution in [0.1, 0.15) is 56.5 Å². The summed E-state index contributed by atoms with van der Waals surface area (Å²) in [6, 6.07) is 7.35. The van der Waals surface area contributed by atoms with Crippen molar-refractivity contribution in [2.45, 2.75) is 53.6 Å². The number of benzene rings is 1. The Bertz CT molecular complexity index is 809. The summed E-state index contributed by atoms with van der Waals surface area (Å²) in [5, 5.41) is 13.3. The lowest BCUT2D eigenvalue weighted by molar-refractivity contribution is -0.139. The first-order chi connectivity index (χ1) is 13.3. The Morgan fingerprint density at radius 1 is 1.29 bits per heavy atom. The third-order valence-corrected chi connectivity index (χ3v) is 4.28. The molecule has 1 atom stereocenters. The van der Waals surface area contributed by atoms with E-state index in [0.29, 0.717) is 37.0 Å². The Labute approximate surface area is 165 Å². The smallest absolute Gasteiger partial charge is 0.312 e. The maximum atomic E-state index is 11.5. The quantitative estimate of drug-likeness (QED) is 0.481. The Kier molecular flexibility index (Phi) is 7.61. The number of aryl methyl sites for hydroxylation is 1. The normalized spacial score (nSPS) is 12.9. The van der Waals surface area contributed by atoms with E-state index in [0.717, 1.165) is 17.0 Å². The molecule has 1 unspecified atom stereocenters. The second-order valence-corrected chi connectivity index (χ2v) is 6.89. The van der Waals surface area contributed by atoms with Crippen molar-refractivity contribution in [2.75, 3.05) is 6.61 Å². The van der Waals surface area contributed by atoms with Crippen molar-refractivity contribution < 1.29 is 23.9 Å². The van der Waals surface area contributed by atoms with Crippen molar-refractivity contribution in [3.63, 3.8) is 0 Å². The largest absolute Gasteiger partial charge is 0.487 e. The molecule has 1 aromatic heterocycles. The van der Waals surface area contributed by atoms with Gasteiger partial charge in [0, 0.05) is 5.92 Å². The molecule has 7 nitrogen and oxygen atoms in total. The number of hydrogen-bond acceptors (Lipinski definition) is 6. The number of rotatable bonds is 10. The number of carboxylic acids is 1. The van der Waals surface area contributed by atoms with Crippen LogP contribution >= 0.6 is 0 Å². The molecule has 0 saturated heterocycles. The van der Waals surface area contributed by atoms with Gasteiger partial charge in [-0.05, 0) is 44.9 Å². The van der Waals surface area contributed by atoms with Crippen LogP contribution < -0.4 is 4.74 Å². The van der Waals surface area contributed by atoms with E-state index in [-0.39, 0.29) is 5.92 Å². The van der Waals surface area contributed by atoms with Crippen molar-refractivity contribution in [1.29, 1.82) is 0 Å². The second kappa shape index (κ2) is 9.92. The van der Waals surface area contributed by atoms with Crippen LogP contribution in [0.3, 0.4) is 0 Å². The van der Waals surface area contributed by atoms with Crippen LogP contribution in [0.5, 0.6) is 5.75 Å². The molecule has 28 heavy (non-hydrogen) atoms. The summed E-state index contributed by atoms with van der Waals surface area (Å²) in [5.74, 6) is 0.714. The molecule has 0 aliphatic carbocycles. The van der Waals surface area contributed by atoms with Gasteiger partial charge in [0.25, 0.3) is 0 Å². The van der Waals surface area contributed by atoms with E-state index in [2.05, 4.69) is 10.1 Å². The molecule has 152 valence electrons. The Morgan fingerprint density at radius 3 is 2.50 bits per heavy atom. The van der Waals surface area contributed by atoms with Gasteiger partial charge in [-0.25, -0.2) is 4.98 Å². The predicted molar refractivity (Wildman–Crippen MR) is 106 cm³/mol. The lowest BCUT2D eigenvalue weighted by Crippen LogP contribution is -2.24. The average Bonchev–Trinajstić information content (AvgIpc) is 3.04. The van der Waals surface area contributed by atoms with E-state index in [4.69, 9.17) is 14.0 Å². The molecule has 2 rings (SSSR count). The maximum absolute atomic E-state index is 11.5. The average molecular weight is 388 g/mol. The van der Waals surface area contributed by atoms with Crippen molar-refractivity contribution in [3.8, 4) is 5.75 Å². The summed E-state index contributed by atoms with van der Waals surface area (Å²) in [5.41, 5.74) is 2.10. The van der Waals surface area contributed by atoms with E-state index in [1.54, 1.807) is 13.8 Å². The predicted octanol–water partition coefficient (Wildman–Crippen LogP) is 4.34. The summed E-state index contributed by atoms with van der Waals surface area (Å²) in [6.45, 7) is 10.1. The zero-order valence-corrected chi connectivity index (χ0v) is 17.1. The number of nitrogens with zero attached hydrogens (tertiary/aromatic N) is 2. The molecule has 0 radical (unpaired) electrons. The summed E-state index contributed by atoms with van der Waals surface area (Å²) in [4.78, 5) is 21.0. The molecule has 0 aliphatic rings. The molecule has 2 aromatic rings. The first-order valence-electron chi connectivity index (χ1n) is 9.39. The lowest BCUT2D eigenvalue weighted by Gasteiger charge is -2.12. The fraction of sp³-hybridized carbons (Fsp3) is 0.476. The number of oxime groups is 1. The number of aliphatic carboxylic acids is 1. The van der Waals surface area contributed by atoms with Crippen LogP contribution in [0, 0.1) is 12.8 Å². The van der Waals surface area contributed by atoms with Gasteiger partial charge in [0.05, 0.1) is 5.71 Å². The Hall–Kier alpha value is -2.83. The molecule has 0 bridgehead atoms. The highest BCUT2D eigenvalue weighted by Gasteiger charge is 2.22. The summed E-state index contributed by atoms with van der Waals surface area (Å²) < 4.78 is 11.4. The highest BCUT2D eigenvalue weighted by atomic mass is 16.6. The van der Waals surface area contributed by atoms with Gasteiger partial charge in [0.2, 0.25) is 0 Å². The first kappa shape index (κ1) is 21.5. The minimum atomic E-state index is -0.927. The van der Waals surface area contributed by atoms with Crippen LogP contribution in [-0.4, -0.2) is 28.4 Å². The molecule has 0 aliphatic heterocycles. The molecule has 1 aromatic carbocycles.